The van der Waals surface area contributed by atoms with Gasteiger partial charge >= 0.3 is 0 Å². The second-order valence-electron chi connectivity index (χ2n) is 4.69. The molecule has 0 radical (unpaired) electrons. The second-order valence-corrected chi connectivity index (χ2v) is 4.69. The van der Waals surface area contributed by atoms with E-state index in [1.165, 1.54) is 11.3 Å². The van der Waals surface area contributed by atoms with E-state index in [1.807, 2.05) is 18.6 Å². The minimum absolute atomic E-state index is 0.0711. The molecule has 0 aliphatic rings. The molecular formula is C13H16N2. The van der Waals surface area contributed by atoms with E-state index in [0.29, 0.717) is 0 Å². The summed E-state index contributed by atoms with van der Waals surface area (Å²) in [5.74, 6) is 0. The van der Waals surface area contributed by atoms with E-state index >= 15 is 0 Å². The first kappa shape index (κ1) is 9.97. The third-order valence-electron chi connectivity index (χ3n) is 2.43. The first-order chi connectivity index (χ1) is 7.09. The molecule has 0 atom stereocenters. The molecule has 2 rings (SSSR count). The van der Waals surface area contributed by atoms with Gasteiger partial charge in [-0.1, -0.05) is 30.3 Å². The minimum Gasteiger partial charge on any atom is -0.325 e. The number of benzene rings is 1. The highest BCUT2D eigenvalue weighted by molar-refractivity contribution is 5.58. The largest absolute Gasteiger partial charge is 0.325 e. The van der Waals surface area contributed by atoms with E-state index in [2.05, 4.69) is 54.6 Å². The van der Waals surface area contributed by atoms with Gasteiger partial charge in [-0.15, -0.1) is 0 Å². The van der Waals surface area contributed by atoms with Gasteiger partial charge in [0.05, 0.1) is 18.2 Å². The van der Waals surface area contributed by atoms with Crippen molar-refractivity contribution in [2.45, 2.75) is 26.3 Å². The van der Waals surface area contributed by atoms with E-state index in [1.54, 1.807) is 0 Å². The van der Waals surface area contributed by atoms with Crippen molar-refractivity contribution in [3.63, 3.8) is 0 Å². The molecule has 0 saturated heterocycles. The van der Waals surface area contributed by atoms with Gasteiger partial charge in [0.2, 0.25) is 0 Å². The normalized spacial score (nSPS) is 11.7. The summed E-state index contributed by atoms with van der Waals surface area (Å²) in [6, 6.07) is 10.4. The van der Waals surface area contributed by atoms with E-state index < -0.39 is 0 Å². The summed E-state index contributed by atoms with van der Waals surface area (Å²) in [7, 11) is 0. The number of aromatic nitrogens is 2. The van der Waals surface area contributed by atoms with E-state index in [0.717, 1.165) is 0 Å². The lowest BCUT2D eigenvalue weighted by Crippen LogP contribution is -2.21. The van der Waals surface area contributed by atoms with Crippen molar-refractivity contribution in [2.75, 3.05) is 0 Å². The monoisotopic (exact) mass is 200 g/mol. The Balaban J connectivity index is 2.51. The van der Waals surface area contributed by atoms with E-state index in [-0.39, 0.29) is 5.54 Å². The fraction of sp³-hybridized carbons (Fsp3) is 0.308. The van der Waals surface area contributed by atoms with Crippen LogP contribution >= 0.6 is 0 Å². The smallest absolute Gasteiger partial charge is 0.0955 e. The second kappa shape index (κ2) is 3.54. The van der Waals surface area contributed by atoms with Crippen LogP contribution in [-0.4, -0.2) is 9.55 Å². The van der Waals surface area contributed by atoms with Crippen molar-refractivity contribution in [2.24, 2.45) is 0 Å². The highest BCUT2D eigenvalue weighted by Crippen LogP contribution is 2.24. The molecule has 0 aliphatic carbocycles. The molecule has 0 bridgehead atoms. The maximum absolute atomic E-state index is 4.23. The lowest BCUT2D eigenvalue weighted by Gasteiger charge is -2.23. The zero-order chi connectivity index (χ0) is 10.9. The molecule has 0 unspecified atom stereocenters. The Kier molecular flexibility index (Phi) is 2.35. The molecule has 0 saturated carbocycles. The molecule has 0 amide bonds. The average molecular weight is 200 g/mol. The molecule has 1 aromatic heterocycles. The van der Waals surface area contributed by atoms with Crippen LogP contribution in [0.4, 0.5) is 0 Å². The van der Waals surface area contributed by atoms with Gasteiger partial charge in [-0.25, -0.2) is 4.98 Å². The fourth-order valence-corrected chi connectivity index (χ4v) is 1.65. The summed E-state index contributed by atoms with van der Waals surface area (Å²) < 4.78 is 2.20. The summed E-state index contributed by atoms with van der Waals surface area (Å²) in [4.78, 5) is 4.23. The molecule has 0 spiro atoms. The molecule has 78 valence electrons. The van der Waals surface area contributed by atoms with Crippen LogP contribution in [0, 0.1) is 0 Å². The molecular weight excluding hydrogens is 184 g/mol. The molecule has 2 aromatic rings. The summed E-state index contributed by atoms with van der Waals surface area (Å²) in [5.41, 5.74) is 2.45. The Morgan fingerprint density at radius 2 is 1.73 bits per heavy atom. The Bertz CT molecular complexity index is 435. The van der Waals surface area contributed by atoms with Gasteiger partial charge in [0.1, 0.15) is 0 Å². The first-order valence-electron chi connectivity index (χ1n) is 5.17. The van der Waals surface area contributed by atoms with Crippen molar-refractivity contribution in [3.8, 4) is 11.3 Å². The Labute approximate surface area is 90.6 Å². The van der Waals surface area contributed by atoms with Crippen LogP contribution in [0.25, 0.3) is 11.3 Å². The third-order valence-corrected chi connectivity index (χ3v) is 2.43. The van der Waals surface area contributed by atoms with Crippen LogP contribution in [0.1, 0.15) is 20.8 Å². The van der Waals surface area contributed by atoms with Crippen molar-refractivity contribution in [1.29, 1.82) is 0 Å². The van der Waals surface area contributed by atoms with Gasteiger partial charge in [-0.2, -0.15) is 0 Å². The molecule has 0 fully saturated rings. The zero-order valence-electron chi connectivity index (χ0n) is 9.44. The summed E-state index contributed by atoms with van der Waals surface area (Å²) >= 11 is 0. The van der Waals surface area contributed by atoms with Gasteiger partial charge in [-0.3, -0.25) is 0 Å². The third kappa shape index (κ3) is 1.94. The van der Waals surface area contributed by atoms with Gasteiger partial charge < -0.3 is 4.57 Å². The number of hydrogen-bond acceptors (Lipinski definition) is 1. The molecule has 1 heterocycles. The molecule has 0 aliphatic heterocycles. The van der Waals surface area contributed by atoms with Crippen LogP contribution in [0.2, 0.25) is 0 Å². The molecule has 2 heteroatoms. The Morgan fingerprint density at radius 1 is 1.07 bits per heavy atom. The first-order valence-corrected chi connectivity index (χ1v) is 5.17. The summed E-state index contributed by atoms with van der Waals surface area (Å²) in [6.07, 6.45) is 3.81. The van der Waals surface area contributed by atoms with Crippen LogP contribution in [0.5, 0.6) is 0 Å². The van der Waals surface area contributed by atoms with Gasteiger partial charge in [-0.05, 0) is 26.3 Å². The molecule has 0 N–H and O–H groups in total. The number of nitrogens with zero attached hydrogens (tertiary/aromatic N) is 2. The fourth-order valence-electron chi connectivity index (χ4n) is 1.65. The number of hydrogen-bond donors (Lipinski definition) is 0. The standard InChI is InChI=1S/C13H16N2/c1-13(2,3)15-10-14-9-12(15)11-7-5-4-6-8-11/h4-10H,1-3H3. The van der Waals surface area contributed by atoms with Crippen molar-refractivity contribution < 1.29 is 0 Å². The molecule has 2 nitrogen and oxygen atoms in total. The molecule has 1 aromatic carbocycles. The van der Waals surface area contributed by atoms with E-state index in [9.17, 15) is 0 Å². The minimum atomic E-state index is 0.0711. The zero-order valence-corrected chi connectivity index (χ0v) is 9.44. The lowest BCUT2D eigenvalue weighted by atomic mass is 10.1. The summed E-state index contributed by atoms with van der Waals surface area (Å²) in [6.45, 7) is 6.54. The highest BCUT2D eigenvalue weighted by atomic mass is 15.1. The predicted molar refractivity (Wildman–Crippen MR) is 62.7 cm³/mol. The van der Waals surface area contributed by atoms with Crippen molar-refractivity contribution in [1.82, 2.24) is 9.55 Å². The van der Waals surface area contributed by atoms with Crippen LogP contribution < -0.4 is 0 Å². The van der Waals surface area contributed by atoms with Crippen molar-refractivity contribution >= 4 is 0 Å². The number of rotatable bonds is 1. The van der Waals surface area contributed by atoms with Crippen molar-refractivity contribution in [3.05, 3.63) is 42.9 Å². The van der Waals surface area contributed by atoms with E-state index in [4.69, 9.17) is 0 Å². The highest BCUT2D eigenvalue weighted by Gasteiger charge is 2.16. The topological polar surface area (TPSA) is 17.8 Å². The maximum Gasteiger partial charge on any atom is 0.0955 e. The van der Waals surface area contributed by atoms with Crippen LogP contribution in [-0.2, 0) is 5.54 Å². The Hall–Kier alpha value is -1.57. The quantitative estimate of drug-likeness (QED) is 0.690. The maximum atomic E-state index is 4.23. The summed E-state index contributed by atoms with van der Waals surface area (Å²) in [5, 5.41) is 0. The van der Waals surface area contributed by atoms with Gasteiger partial charge in [0.15, 0.2) is 0 Å². The predicted octanol–water partition coefficient (Wildman–Crippen LogP) is 3.31. The Morgan fingerprint density at radius 3 is 2.33 bits per heavy atom. The van der Waals surface area contributed by atoms with Crippen LogP contribution in [0.15, 0.2) is 42.9 Å². The van der Waals surface area contributed by atoms with Crippen LogP contribution in [0.3, 0.4) is 0 Å². The lowest BCUT2D eigenvalue weighted by molar-refractivity contribution is 0.400. The average Bonchev–Trinajstić information content (AvgIpc) is 2.67. The SMILES string of the molecule is CC(C)(C)n1cncc1-c1ccccc1. The molecule has 15 heavy (non-hydrogen) atoms. The number of imidazole rings is 1. The van der Waals surface area contributed by atoms with Gasteiger partial charge in [0, 0.05) is 5.54 Å². The van der Waals surface area contributed by atoms with Gasteiger partial charge in [0.25, 0.3) is 0 Å².